The van der Waals surface area contributed by atoms with E-state index in [2.05, 4.69) is 4.72 Å². The number of nitrogens with one attached hydrogen (secondary N) is 1. The van der Waals surface area contributed by atoms with Gasteiger partial charge in [0.2, 0.25) is 0 Å². The van der Waals surface area contributed by atoms with Crippen molar-refractivity contribution in [1.29, 1.82) is 0 Å². The van der Waals surface area contributed by atoms with Gasteiger partial charge in [-0.3, -0.25) is 4.72 Å². The van der Waals surface area contributed by atoms with E-state index in [4.69, 9.17) is 11.6 Å². The highest BCUT2D eigenvalue weighted by atomic mass is 35.5. The molecule has 2 aromatic carbocycles. The highest BCUT2D eigenvalue weighted by Gasteiger charge is 2.38. The van der Waals surface area contributed by atoms with Gasteiger partial charge in [0, 0.05) is 5.02 Å². The quantitative estimate of drug-likeness (QED) is 0.747. The minimum atomic E-state index is -4.05. The van der Waals surface area contributed by atoms with Crippen LogP contribution in [0.1, 0.15) is 6.42 Å². The monoisotopic (exact) mass is 449 g/mol. The van der Waals surface area contributed by atoms with Crippen LogP contribution in [0, 0.1) is 0 Å². The van der Waals surface area contributed by atoms with Crippen LogP contribution in [-0.2, 0) is 29.7 Å². The number of rotatable bonds is 5. The zero-order valence-electron chi connectivity index (χ0n) is 13.9. The molecular weight excluding hydrogens is 434 g/mol. The van der Waals surface area contributed by atoms with E-state index in [1.165, 1.54) is 30.3 Å². The zero-order valence-corrected chi connectivity index (χ0v) is 17.1. The van der Waals surface area contributed by atoms with Crippen LogP contribution in [0.2, 0.25) is 5.02 Å². The van der Waals surface area contributed by atoms with Crippen LogP contribution < -0.4 is 4.72 Å². The maximum atomic E-state index is 12.7. The summed E-state index contributed by atoms with van der Waals surface area (Å²) in [6.45, 7) is 0. The maximum absolute atomic E-state index is 12.7. The Hall–Kier alpha value is -1.62. The van der Waals surface area contributed by atoms with E-state index in [1.54, 1.807) is 12.1 Å². The molecule has 0 aromatic heterocycles. The summed E-state index contributed by atoms with van der Waals surface area (Å²) in [5.41, 5.74) is 0.234. The average Bonchev–Trinajstić information content (AvgIpc) is 2.95. The highest BCUT2D eigenvalue weighted by molar-refractivity contribution is 7.96. The summed E-state index contributed by atoms with van der Waals surface area (Å²) >= 11 is 5.84. The molecule has 1 atom stereocenters. The molecule has 1 aliphatic rings. The van der Waals surface area contributed by atoms with Crippen molar-refractivity contribution in [3.63, 3.8) is 0 Å². The third kappa shape index (κ3) is 4.45. The maximum Gasteiger partial charge on any atom is 0.261 e. The topological polar surface area (TPSA) is 114 Å². The van der Waals surface area contributed by atoms with Crippen molar-refractivity contribution < 1.29 is 25.3 Å². The first-order valence-electron chi connectivity index (χ1n) is 7.82. The Morgan fingerprint density at radius 3 is 2.26 bits per heavy atom. The Labute approximate surface area is 163 Å². The van der Waals surface area contributed by atoms with Crippen LogP contribution >= 0.6 is 11.6 Å². The van der Waals surface area contributed by atoms with Crippen LogP contribution in [0.5, 0.6) is 0 Å². The van der Waals surface area contributed by atoms with Crippen molar-refractivity contribution in [3.8, 4) is 0 Å². The first kappa shape index (κ1) is 20.1. The molecule has 27 heavy (non-hydrogen) atoms. The summed E-state index contributed by atoms with van der Waals surface area (Å²) in [7, 11) is -11.4. The van der Waals surface area contributed by atoms with Crippen LogP contribution in [0.3, 0.4) is 0 Å². The fourth-order valence-electron chi connectivity index (χ4n) is 2.78. The fourth-order valence-corrected chi connectivity index (χ4v) is 8.55. The van der Waals surface area contributed by atoms with Crippen LogP contribution in [0.25, 0.3) is 0 Å². The third-order valence-electron chi connectivity index (χ3n) is 4.15. The van der Waals surface area contributed by atoms with Gasteiger partial charge in [-0.15, -0.1) is 0 Å². The average molecular weight is 450 g/mol. The number of hydrogen-bond donors (Lipinski definition) is 1. The molecule has 0 spiro atoms. The van der Waals surface area contributed by atoms with Gasteiger partial charge in [0.25, 0.3) is 10.0 Å². The standard InChI is InChI=1S/C16H16ClNO6S3/c17-12-3-1-4-13(9-12)18-27(23,24)15-6-2-5-14(10-15)26(21,22)16-7-8-25(19,20)11-16/h1-6,9-10,16,18H,7-8,11H2/t16-/m0/s1. The van der Waals surface area contributed by atoms with Gasteiger partial charge in [0.15, 0.2) is 19.7 Å². The van der Waals surface area contributed by atoms with Crippen molar-refractivity contribution in [2.24, 2.45) is 0 Å². The molecular formula is C16H16ClNO6S3. The summed E-state index contributed by atoms with van der Waals surface area (Å²) in [6.07, 6.45) is 0.00239. The number of halogens is 1. The molecule has 146 valence electrons. The van der Waals surface area contributed by atoms with E-state index in [0.29, 0.717) is 5.02 Å². The van der Waals surface area contributed by atoms with Crippen LogP contribution in [-0.4, -0.2) is 42.0 Å². The molecule has 0 unspecified atom stereocenters. The highest BCUT2D eigenvalue weighted by Crippen LogP contribution is 2.27. The second-order valence-corrected chi connectivity index (χ2v) is 12.7. The molecule has 0 bridgehead atoms. The van der Waals surface area contributed by atoms with Gasteiger partial charge in [-0.25, -0.2) is 25.3 Å². The van der Waals surface area contributed by atoms with Gasteiger partial charge in [0.05, 0.1) is 32.2 Å². The van der Waals surface area contributed by atoms with Gasteiger partial charge < -0.3 is 0 Å². The summed E-state index contributed by atoms with van der Waals surface area (Å²) in [4.78, 5) is -0.469. The molecule has 3 rings (SSSR count). The summed E-state index contributed by atoms with van der Waals surface area (Å²) in [5, 5.41) is -0.727. The second kappa shape index (κ2) is 7.08. The SMILES string of the molecule is O=S1(=O)CC[C@H](S(=O)(=O)c2cccc(S(=O)(=O)Nc3cccc(Cl)c3)c2)C1. The van der Waals surface area contributed by atoms with Crippen molar-refractivity contribution >= 4 is 47.0 Å². The first-order valence-corrected chi connectivity index (χ1v) is 13.1. The van der Waals surface area contributed by atoms with E-state index in [0.717, 1.165) is 6.07 Å². The van der Waals surface area contributed by atoms with Crippen LogP contribution in [0.4, 0.5) is 5.69 Å². The normalized spacial score (nSPS) is 19.7. The first-order chi connectivity index (χ1) is 12.5. The minimum Gasteiger partial charge on any atom is -0.280 e. The molecule has 0 saturated carbocycles. The second-order valence-electron chi connectivity index (χ2n) is 6.16. The summed E-state index contributed by atoms with van der Waals surface area (Å²) < 4.78 is 76.1. The molecule has 7 nitrogen and oxygen atoms in total. The molecule has 2 aromatic rings. The van der Waals surface area contributed by atoms with E-state index >= 15 is 0 Å². The van der Waals surface area contributed by atoms with Crippen molar-refractivity contribution in [3.05, 3.63) is 53.6 Å². The Kier molecular flexibility index (Phi) is 5.28. The number of sulfonamides is 1. The third-order valence-corrected chi connectivity index (χ3v) is 9.93. The molecule has 0 radical (unpaired) electrons. The summed E-state index contributed by atoms with van der Waals surface area (Å²) in [6, 6.07) is 11.0. The van der Waals surface area contributed by atoms with Gasteiger partial charge in [0.1, 0.15) is 0 Å². The molecule has 1 saturated heterocycles. The van der Waals surface area contributed by atoms with E-state index < -0.39 is 40.7 Å². The lowest BCUT2D eigenvalue weighted by Gasteiger charge is -2.12. The van der Waals surface area contributed by atoms with Gasteiger partial charge in [-0.2, -0.15) is 0 Å². The molecule has 0 amide bonds. The smallest absolute Gasteiger partial charge is 0.261 e. The summed E-state index contributed by atoms with van der Waals surface area (Å²) in [5.74, 6) is -0.641. The predicted molar refractivity (Wildman–Crippen MR) is 103 cm³/mol. The molecule has 1 fully saturated rings. The van der Waals surface area contributed by atoms with E-state index in [9.17, 15) is 25.3 Å². The molecule has 11 heteroatoms. The Balaban J connectivity index is 1.93. The largest absolute Gasteiger partial charge is 0.280 e. The van der Waals surface area contributed by atoms with E-state index in [1.807, 2.05) is 0 Å². The minimum absolute atomic E-state index is 0.00239. The van der Waals surface area contributed by atoms with Crippen molar-refractivity contribution in [1.82, 2.24) is 0 Å². The lowest BCUT2D eigenvalue weighted by Crippen LogP contribution is -2.23. The number of benzene rings is 2. The lowest BCUT2D eigenvalue weighted by molar-refractivity contribution is 0.582. The molecule has 0 aliphatic carbocycles. The van der Waals surface area contributed by atoms with Gasteiger partial charge in [-0.1, -0.05) is 23.7 Å². The molecule has 1 N–H and O–H groups in total. The van der Waals surface area contributed by atoms with Crippen LogP contribution in [0.15, 0.2) is 58.3 Å². The molecule has 1 aliphatic heterocycles. The molecule has 1 heterocycles. The Bertz CT molecular complexity index is 1190. The zero-order chi connectivity index (χ0) is 19.9. The Morgan fingerprint density at radius 2 is 1.63 bits per heavy atom. The number of hydrogen-bond acceptors (Lipinski definition) is 6. The fraction of sp³-hybridized carbons (Fsp3) is 0.250. The van der Waals surface area contributed by atoms with Crippen molar-refractivity contribution in [2.45, 2.75) is 21.5 Å². The Morgan fingerprint density at radius 1 is 0.963 bits per heavy atom. The van der Waals surface area contributed by atoms with E-state index in [-0.39, 0.29) is 27.7 Å². The number of sulfone groups is 2. The van der Waals surface area contributed by atoms with Gasteiger partial charge >= 0.3 is 0 Å². The van der Waals surface area contributed by atoms with Crippen molar-refractivity contribution in [2.75, 3.05) is 16.2 Å². The lowest BCUT2D eigenvalue weighted by atomic mass is 10.3. The van der Waals surface area contributed by atoms with Gasteiger partial charge in [-0.05, 0) is 42.8 Å². The number of anilines is 1. The predicted octanol–water partition coefficient (Wildman–Crippen LogP) is 2.10.